The fraction of sp³-hybridized carbons (Fsp3) is 0.208. The van der Waals surface area contributed by atoms with Gasteiger partial charge in [-0.3, -0.25) is 4.79 Å². The molecule has 1 N–H and O–H groups in total. The predicted octanol–water partition coefficient (Wildman–Crippen LogP) is 5.07. The molecule has 4 aromatic rings. The van der Waals surface area contributed by atoms with Gasteiger partial charge < -0.3 is 19.4 Å². The Morgan fingerprint density at radius 1 is 1.03 bits per heavy atom. The van der Waals surface area contributed by atoms with Gasteiger partial charge in [-0.05, 0) is 48.0 Å². The maximum Gasteiger partial charge on any atom is 0.416 e. The number of aromatic nitrogens is 3. The van der Waals surface area contributed by atoms with E-state index in [2.05, 4.69) is 15.3 Å². The summed E-state index contributed by atoms with van der Waals surface area (Å²) in [6.07, 6.45) is -1.14. The SMILES string of the molecule is COCCn1ccc2c(Oc3ccc(NC(=O)Cc4ccc(C(F)(F)F)cc4)cc3)ncnc21. The van der Waals surface area contributed by atoms with Crippen LogP contribution in [0.15, 0.2) is 67.1 Å². The summed E-state index contributed by atoms with van der Waals surface area (Å²) in [6, 6.07) is 13.1. The van der Waals surface area contributed by atoms with Crippen molar-refractivity contribution in [1.29, 1.82) is 0 Å². The second-order valence-corrected chi connectivity index (χ2v) is 7.46. The Bertz CT molecular complexity index is 1270. The van der Waals surface area contributed by atoms with Crippen molar-refractivity contribution in [2.75, 3.05) is 19.0 Å². The lowest BCUT2D eigenvalue weighted by molar-refractivity contribution is -0.137. The summed E-state index contributed by atoms with van der Waals surface area (Å²) in [5, 5.41) is 3.48. The highest BCUT2D eigenvalue weighted by Gasteiger charge is 2.29. The average molecular weight is 470 g/mol. The first-order valence-electron chi connectivity index (χ1n) is 10.4. The first-order chi connectivity index (χ1) is 16.3. The van der Waals surface area contributed by atoms with E-state index in [4.69, 9.17) is 9.47 Å². The van der Waals surface area contributed by atoms with Crippen molar-refractivity contribution in [1.82, 2.24) is 14.5 Å². The number of nitrogens with one attached hydrogen (secondary N) is 1. The fourth-order valence-corrected chi connectivity index (χ4v) is 3.35. The molecule has 0 aliphatic carbocycles. The van der Waals surface area contributed by atoms with E-state index in [9.17, 15) is 18.0 Å². The maximum atomic E-state index is 12.7. The Balaban J connectivity index is 1.38. The summed E-state index contributed by atoms with van der Waals surface area (Å²) < 4.78 is 50.9. The average Bonchev–Trinajstić information content (AvgIpc) is 3.23. The number of methoxy groups -OCH3 is 1. The van der Waals surface area contributed by atoms with Gasteiger partial charge in [-0.1, -0.05) is 12.1 Å². The minimum absolute atomic E-state index is 0.0463. The molecule has 7 nitrogen and oxygen atoms in total. The van der Waals surface area contributed by atoms with Crippen molar-refractivity contribution in [2.24, 2.45) is 0 Å². The van der Waals surface area contributed by atoms with E-state index >= 15 is 0 Å². The standard InChI is InChI=1S/C24H21F3N4O3/c1-33-13-12-31-11-10-20-22(31)28-15-29-23(20)34-19-8-6-18(7-9-19)30-21(32)14-16-2-4-17(5-3-16)24(25,26)27/h2-11,15H,12-14H2,1H3,(H,30,32). The summed E-state index contributed by atoms with van der Waals surface area (Å²) in [7, 11) is 1.63. The molecule has 34 heavy (non-hydrogen) atoms. The van der Waals surface area contributed by atoms with Gasteiger partial charge in [-0.15, -0.1) is 0 Å². The zero-order chi connectivity index (χ0) is 24.1. The molecule has 2 aromatic heterocycles. The molecule has 0 radical (unpaired) electrons. The Labute approximate surface area is 193 Å². The van der Waals surface area contributed by atoms with Crippen molar-refractivity contribution in [3.8, 4) is 11.6 Å². The third-order valence-electron chi connectivity index (χ3n) is 5.05. The maximum absolute atomic E-state index is 12.7. The van der Waals surface area contributed by atoms with Crippen LogP contribution < -0.4 is 10.1 Å². The van der Waals surface area contributed by atoms with Crippen molar-refractivity contribution < 1.29 is 27.4 Å². The summed E-state index contributed by atoms with van der Waals surface area (Å²) >= 11 is 0. The summed E-state index contributed by atoms with van der Waals surface area (Å²) in [4.78, 5) is 20.8. The summed E-state index contributed by atoms with van der Waals surface area (Å²) in [5.41, 5.74) is 0.993. The molecular weight excluding hydrogens is 449 g/mol. The van der Waals surface area contributed by atoms with Crippen LogP contribution in [0.5, 0.6) is 11.6 Å². The Morgan fingerprint density at radius 3 is 2.44 bits per heavy atom. The topological polar surface area (TPSA) is 78.3 Å². The molecule has 0 atom stereocenters. The molecule has 0 spiro atoms. The third kappa shape index (κ3) is 5.52. The molecular formula is C24H21F3N4O3. The fourth-order valence-electron chi connectivity index (χ4n) is 3.35. The Hall–Kier alpha value is -3.92. The molecule has 0 aliphatic rings. The molecule has 0 saturated carbocycles. The molecule has 2 aromatic carbocycles. The third-order valence-corrected chi connectivity index (χ3v) is 5.05. The predicted molar refractivity (Wildman–Crippen MR) is 120 cm³/mol. The molecule has 0 bridgehead atoms. The molecule has 176 valence electrons. The minimum Gasteiger partial charge on any atom is -0.438 e. The lowest BCUT2D eigenvalue weighted by Crippen LogP contribution is -2.14. The highest BCUT2D eigenvalue weighted by Crippen LogP contribution is 2.30. The number of rotatable bonds is 8. The van der Waals surface area contributed by atoms with E-state index in [1.54, 1.807) is 31.4 Å². The summed E-state index contributed by atoms with van der Waals surface area (Å²) in [6.45, 7) is 1.20. The number of anilines is 1. The number of alkyl halides is 3. The quantitative estimate of drug-likeness (QED) is 0.389. The lowest BCUT2D eigenvalue weighted by atomic mass is 10.1. The van der Waals surface area contributed by atoms with E-state index in [0.29, 0.717) is 36.0 Å². The number of benzene rings is 2. The monoisotopic (exact) mass is 470 g/mol. The van der Waals surface area contributed by atoms with Crippen LogP contribution in [-0.4, -0.2) is 34.2 Å². The molecule has 10 heteroatoms. The number of carbonyl (C=O) groups excluding carboxylic acids is 1. The van der Waals surface area contributed by atoms with Crippen LogP contribution in [0.25, 0.3) is 11.0 Å². The molecule has 1 amide bonds. The highest BCUT2D eigenvalue weighted by atomic mass is 19.4. The van der Waals surface area contributed by atoms with Gasteiger partial charge in [0.05, 0.1) is 24.0 Å². The van der Waals surface area contributed by atoms with Gasteiger partial charge in [-0.25, -0.2) is 9.97 Å². The van der Waals surface area contributed by atoms with Crippen LogP contribution in [0, 0.1) is 0 Å². The van der Waals surface area contributed by atoms with E-state index in [0.717, 1.165) is 23.2 Å². The minimum atomic E-state index is -4.41. The zero-order valence-corrected chi connectivity index (χ0v) is 18.2. The largest absolute Gasteiger partial charge is 0.438 e. The van der Waals surface area contributed by atoms with Crippen LogP contribution >= 0.6 is 0 Å². The second-order valence-electron chi connectivity index (χ2n) is 7.46. The normalized spacial score (nSPS) is 11.5. The van der Waals surface area contributed by atoms with E-state index < -0.39 is 11.7 Å². The number of fused-ring (bicyclic) bond motifs is 1. The number of halogens is 3. The van der Waals surface area contributed by atoms with Crippen LogP contribution in [0.3, 0.4) is 0 Å². The number of hydrogen-bond donors (Lipinski definition) is 1. The number of amides is 1. The molecule has 0 aliphatic heterocycles. The van der Waals surface area contributed by atoms with E-state index in [1.807, 2.05) is 16.8 Å². The van der Waals surface area contributed by atoms with Crippen LogP contribution in [0.4, 0.5) is 18.9 Å². The van der Waals surface area contributed by atoms with Gasteiger partial charge in [0.25, 0.3) is 0 Å². The second kappa shape index (κ2) is 9.92. The summed E-state index contributed by atoms with van der Waals surface area (Å²) in [5.74, 6) is 0.578. The van der Waals surface area contributed by atoms with Crippen LogP contribution in [0.1, 0.15) is 11.1 Å². The molecule has 4 rings (SSSR count). The first kappa shape index (κ1) is 23.2. The molecule has 0 saturated heterocycles. The number of hydrogen-bond acceptors (Lipinski definition) is 5. The smallest absolute Gasteiger partial charge is 0.416 e. The number of carbonyl (C=O) groups is 1. The first-order valence-corrected chi connectivity index (χ1v) is 10.4. The van der Waals surface area contributed by atoms with Gasteiger partial charge in [0.15, 0.2) is 0 Å². The Morgan fingerprint density at radius 2 is 1.76 bits per heavy atom. The van der Waals surface area contributed by atoms with Gasteiger partial charge in [-0.2, -0.15) is 13.2 Å². The highest BCUT2D eigenvalue weighted by molar-refractivity contribution is 5.92. The van der Waals surface area contributed by atoms with E-state index in [-0.39, 0.29) is 12.3 Å². The van der Waals surface area contributed by atoms with Crippen molar-refractivity contribution >= 4 is 22.6 Å². The van der Waals surface area contributed by atoms with E-state index in [1.165, 1.54) is 18.5 Å². The van der Waals surface area contributed by atoms with Crippen molar-refractivity contribution in [3.05, 3.63) is 78.2 Å². The van der Waals surface area contributed by atoms with Gasteiger partial charge in [0.2, 0.25) is 11.8 Å². The van der Waals surface area contributed by atoms with Crippen LogP contribution in [-0.2, 0) is 28.7 Å². The number of nitrogens with zero attached hydrogens (tertiary/aromatic N) is 3. The van der Waals surface area contributed by atoms with Gasteiger partial charge in [0.1, 0.15) is 17.7 Å². The van der Waals surface area contributed by atoms with Gasteiger partial charge in [0, 0.05) is 25.5 Å². The van der Waals surface area contributed by atoms with Crippen LogP contribution in [0.2, 0.25) is 0 Å². The van der Waals surface area contributed by atoms with Crippen molar-refractivity contribution in [3.63, 3.8) is 0 Å². The van der Waals surface area contributed by atoms with Gasteiger partial charge >= 0.3 is 6.18 Å². The molecule has 2 heterocycles. The number of ether oxygens (including phenoxy) is 2. The molecule has 0 unspecified atom stereocenters. The Kier molecular flexibility index (Phi) is 6.78. The lowest BCUT2D eigenvalue weighted by Gasteiger charge is -2.10. The zero-order valence-electron chi connectivity index (χ0n) is 18.2. The molecule has 0 fully saturated rings. The van der Waals surface area contributed by atoms with Crippen molar-refractivity contribution in [2.45, 2.75) is 19.1 Å².